The van der Waals surface area contributed by atoms with E-state index in [0.717, 1.165) is 11.1 Å². The van der Waals surface area contributed by atoms with E-state index < -0.39 is 0 Å². The Bertz CT molecular complexity index is 349. The van der Waals surface area contributed by atoms with E-state index in [9.17, 15) is 4.39 Å². The Hall–Kier alpha value is -0.860. The van der Waals surface area contributed by atoms with Crippen molar-refractivity contribution in [1.82, 2.24) is 0 Å². The summed E-state index contributed by atoms with van der Waals surface area (Å²) in [5.41, 5.74) is 8.44. The molecule has 1 nitrogen and oxygen atoms in total. The second kappa shape index (κ2) is 5.89. The highest BCUT2D eigenvalue weighted by Crippen LogP contribution is 2.21. The van der Waals surface area contributed by atoms with Crippen LogP contribution in [0.4, 0.5) is 4.39 Å². The van der Waals surface area contributed by atoms with Gasteiger partial charge in [-0.2, -0.15) is 0 Å². The van der Waals surface area contributed by atoms with Crippen LogP contribution in [0.5, 0.6) is 0 Å². The van der Waals surface area contributed by atoms with Gasteiger partial charge in [0.2, 0.25) is 0 Å². The van der Waals surface area contributed by atoms with E-state index in [2.05, 4.69) is 6.58 Å². The molecule has 0 spiro atoms. The quantitative estimate of drug-likeness (QED) is 0.789. The molecule has 1 rings (SSSR count). The normalized spacial score (nSPS) is 11.7. The van der Waals surface area contributed by atoms with Gasteiger partial charge in [-0.15, -0.1) is 19.0 Å². The topological polar surface area (TPSA) is 26.0 Å². The van der Waals surface area contributed by atoms with E-state index >= 15 is 0 Å². The third-order valence-electron chi connectivity index (χ3n) is 2.12. The monoisotopic (exact) mass is 229 g/mol. The third kappa shape index (κ3) is 4.02. The first-order valence-electron chi connectivity index (χ1n) is 4.66. The lowest BCUT2D eigenvalue weighted by Gasteiger charge is -2.13. The Labute approximate surface area is 96.6 Å². The van der Waals surface area contributed by atoms with Gasteiger partial charge in [-0.1, -0.05) is 23.3 Å². The molecule has 0 saturated carbocycles. The van der Waals surface area contributed by atoms with Crippen molar-refractivity contribution in [1.29, 1.82) is 0 Å². The van der Waals surface area contributed by atoms with E-state index in [-0.39, 0.29) is 24.3 Å². The van der Waals surface area contributed by atoms with Gasteiger partial charge in [0, 0.05) is 11.6 Å². The average molecular weight is 230 g/mol. The van der Waals surface area contributed by atoms with Crippen molar-refractivity contribution in [2.24, 2.45) is 5.73 Å². The molecule has 2 N–H and O–H groups in total. The summed E-state index contributed by atoms with van der Waals surface area (Å²) in [6.45, 7) is 7.59. The number of hydrogen-bond donors (Lipinski definition) is 1. The van der Waals surface area contributed by atoms with E-state index in [1.54, 1.807) is 12.1 Å². The maximum Gasteiger partial charge on any atom is 0.128 e. The van der Waals surface area contributed by atoms with Crippen molar-refractivity contribution in [3.8, 4) is 0 Å². The zero-order valence-corrected chi connectivity index (χ0v) is 9.90. The first-order chi connectivity index (χ1) is 6.50. The lowest BCUT2D eigenvalue weighted by Crippen LogP contribution is -2.12. The molecule has 3 heteroatoms. The Morgan fingerprint density at radius 2 is 2.13 bits per heavy atom. The highest BCUT2D eigenvalue weighted by molar-refractivity contribution is 5.85. The molecule has 0 aliphatic rings. The molecule has 0 aliphatic carbocycles. The first kappa shape index (κ1) is 14.1. The fraction of sp³-hybridized carbons (Fsp3) is 0.333. The minimum Gasteiger partial charge on any atom is -0.324 e. The molecule has 1 atom stereocenters. The summed E-state index contributed by atoms with van der Waals surface area (Å²) in [5, 5.41) is 0. The van der Waals surface area contributed by atoms with Gasteiger partial charge in [0.25, 0.3) is 0 Å². The molecule has 1 aromatic carbocycles. The minimum absolute atomic E-state index is 0. The van der Waals surface area contributed by atoms with Crippen molar-refractivity contribution in [2.45, 2.75) is 26.3 Å². The summed E-state index contributed by atoms with van der Waals surface area (Å²) in [6.07, 6.45) is 0.625. The Balaban J connectivity index is 0.00000196. The summed E-state index contributed by atoms with van der Waals surface area (Å²) in [5.74, 6) is -0.232. The molecular formula is C12H17ClFN. The molecule has 0 unspecified atom stereocenters. The van der Waals surface area contributed by atoms with Crippen molar-refractivity contribution in [2.75, 3.05) is 0 Å². The van der Waals surface area contributed by atoms with Crippen LogP contribution in [-0.4, -0.2) is 0 Å². The standard InChI is InChI=1S/C12H16FN.ClH/c1-8(2)6-12(14)10-7-9(3)4-5-11(10)13;/h4-5,7,12H,1,6,14H2,2-3H3;1H/t12-;/m0./s1. The fourth-order valence-electron chi connectivity index (χ4n) is 1.43. The predicted octanol–water partition coefficient (Wildman–Crippen LogP) is 3.52. The predicted molar refractivity (Wildman–Crippen MR) is 64.7 cm³/mol. The molecule has 0 amide bonds. The van der Waals surface area contributed by atoms with Crippen LogP contribution in [0.1, 0.15) is 30.5 Å². The summed E-state index contributed by atoms with van der Waals surface area (Å²) < 4.78 is 13.4. The van der Waals surface area contributed by atoms with Gasteiger partial charge in [0.05, 0.1) is 0 Å². The second-order valence-corrected chi connectivity index (χ2v) is 3.79. The number of nitrogens with two attached hydrogens (primary N) is 1. The summed E-state index contributed by atoms with van der Waals surface area (Å²) >= 11 is 0. The van der Waals surface area contributed by atoms with Crippen molar-refractivity contribution in [3.63, 3.8) is 0 Å². The summed E-state index contributed by atoms with van der Waals surface area (Å²) in [7, 11) is 0. The molecule has 15 heavy (non-hydrogen) atoms. The van der Waals surface area contributed by atoms with Crippen LogP contribution in [0.25, 0.3) is 0 Å². The van der Waals surface area contributed by atoms with Crippen molar-refractivity contribution < 1.29 is 4.39 Å². The van der Waals surface area contributed by atoms with Gasteiger partial charge in [-0.3, -0.25) is 0 Å². The molecule has 1 aromatic rings. The number of hydrogen-bond acceptors (Lipinski definition) is 1. The molecule has 0 aromatic heterocycles. The maximum absolute atomic E-state index is 13.4. The molecular weight excluding hydrogens is 213 g/mol. The summed E-state index contributed by atoms with van der Waals surface area (Å²) in [6, 6.07) is 4.71. The van der Waals surface area contributed by atoms with Gasteiger partial charge >= 0.3 is 0 Å². The highest BCUT2D eigenvalue weighted by Gasteiger charge is 2.11. The maximum atomic E-state index is 13.4. The van der Waals surface area contributed by atoms with E-state index in [4.69, 9.17) is 5.73 Å². The Morgan fingerprint density at radius 1 is 1.53 bits per heavy atom. The van der Waals surface area contributed by atoms with Crippen molar-refractivity contribution in [3.05, 3.63) is 47.3 Å². The Morgan fingerprint density at radius 3 is 2.67 bits per heavy atom. The van der Waals surface area contributed by atoms with Crippen LogP contribution in [0.3, 0.4) is 0 Å². The fourth-order valence-corrected chi connectivity index (χ4v) is 1.43. The molecule has 0 aliphatic heterocycles. The molecule has 0 fully saturated rings. The van der Waals surface area contributed by atoms with Crippen LogP contribution in [0, 0.1) is 12.7 Å². The van der Waals surface area contributed by atoms with Gasteiger partial charge in [0.1, 0.15) is 5.82 Å². The van der Waals surface area contributed by atoms with Crippen molar-refractivity contribution >= 4 is 12.4 Å². The SMILES string of the molecule is C=C(C)C[C@H](N)c1cc(C)ccc1F.Cl. The van der Waals surface area contributed by atoms with Gasteiger partial charge in [0.15, 0.2) is 0 Å². The average Bonchev–Trinajstić information content (AvgIpc) is 2.08. The minimum atomic E-state index is -0.285. The first-order valence-corrected chi connectivity index (χ1v) is 4.66. The third-order valence-corrected chi connectivity index (χ3v) is 2.12. The lowest BCUT2D eigenvalue weighted by atomic mass is 9.99. The number of aryl methyl sites for hydroxylation is 1. The molecule has 0 saturated heterocycles. The van der Waals surface area contributed by atoms with Gasteiger partial charge in [-0.25, -0.2) is 4.39 Å². The lowest BCUT2D eigenvalue weighted by molar-refractivity contribution is 0.579. The number of halogens is 2. The van der Waals surface area contributed by atoms with Gasteiger partial charge < -0.3 is 5.73 Å². The molecule has 0 heterocycles. The van der Waals surface area contributed by atoms with Crippen LogP contribution < -0.4 is 5.73 Å². The number of rotatable bonds is 3. The smallest absolute Gasteiger partial charge is 0.128 e. The van der Waals surface area contributed by atoms with Crippen LogP contribution in [0.2, 0.25) is 0 Å². The van der Waals surface area contributed by atoms with Gasteiger partial charge in [-0.05, 0) is 26.3 Å². The number of benzene rings is 1. The Kier molecular flexibility index (Phi) is 5.55. The van der Waals surface area contributed by atoms with E-state index in [1.165, 1.54) is 6.07 Å². The highest BCUT2D eigenvalue weighted by atomic mass is 35.5. The second-order valence-electron chi connectivity index (χ2n) is 3.79. The largest absolute Gasteiger partial charge is 0.324 e. The zero-order chi connectivity index (χ0) is 10.7. The van der Waals surface area contributed by atoms with Crippen LogP contribution >= 0.6 is 12.4 Å². The van der Waals surface area contributed by atoms with E-state index in [0.29, 0.717) is 12.0 Å². The van der Waals surface area contributed by atoms with E-state index in [1.807, 2.05) is 13.8 Å². The molecule has 0 radical (unpaired) electrons. The van der Waals surface area contributed by atoms with Crippen LogP contribution in [0.15, 0.2) is 30.4 Å². The van der Waals surface area contributed by atoms with Crippen LogP contribution in [-0.2, 0) is 0 Å². The zero-order valence-electron chi connectivity index (χ0n) is 9.09. The molecule has 84 valence electrons. The molecule has 0 bridgehead atoms. The summed E-state index contributed by atoms with van der Waals surface area (Å²) in [4.78, 5) is 0.